The third-order valence-corrected chi connectivity index (χ3v) is 1.66. The van der Waals surface area contributed by atoms with Gasteiger partial charge in [0.15, 0.2) is 0 Å². The normalized spacial score (nSPS) is 10.0. The van der Waals surface area contributed by atoms with Crippen molar-refractivity contribution in [1.82, 2.24) is 0 Å². The average molecular weight is 136 g/mol. The lowest BCUT2D eigenvalue weighted by Gasteiger charge is -1.92. The molecule has 0 bridgehead atoms. The highest BCUT2D eigenvalue weighted by atomic mass is 13.9. The Balaban J connectivity index is -0.000000302. The van der Waals surface area contributed by atoms with E-state index in [1.54, 1.807) is 0 Å². The maximum absolute atomic E-state index is 2.12. The minimum Gasteiger partial charge on any atom is -0.0616 e. The van der Waals surface area contributed by atoms with Crippen molar-refractivity contribution in [3.05, 3.63) is 48.5 Å². The van der Waals surface area contributed by atoms with E-state index in [9.17, 15) is 0 Å². The summed E-state index contributed by atoms with van der Waals surface area (Å²) >= 11 is 0. The first-order valence-corrected chi connectivity index (χ1v) is 3.40. The summed E-state index contributed by atoms with van der Waals surface area (Å²) < 4.78 is 0. The van der Waals surface area contributed by atoms with Gasteiger partial charge in [0.05, 0.1) is 0 Å². The fraction of sp³-hybridized carbons (Fsp3) is 0. The molecule has 2 rings (SSSR count). The predicted octanol–water partition coefficient (Wildman–Crippen LogP) is 3.82. The van der Waals surface area contributed by atoms with Crippen LogP contribution in [0.5, 0.6) is 0 Å². The number of fused-ring (bicyclic) bond motifs is 1. The lowest BCUT2D eigenvalue weighted by Crippen LogP contribution is -1.67. The van der Waals surface area contributed by atoms with E-state index in [4.69, 9.17) is 0 Å². The van der Waals surface area contributed by atoms with Crippen LogP contribution in [0.2, 0.25) is 0 Å². The van der Waals surface area contributed by atoms with Crippen molar-refractivity contribution in [2.75, 3.05) is 0 Å². The van der Waals surface area contributed by atoms with Crippen LogP contribution in [0.4, 0.5) is 0 Å². The van der Waals surface area contributed by atoms with Crippen molar-refractivity contribution in [3.8, 4) is 0 Å². The monoisotopic (exact) mass is 136 g/mol. The lowest BCUT2D eigenvalue weighted by molar-refractivity contribution is 1.75. The van der Waals surface area contributed by atoms with Crippen molar-refractivity contribution in [1.29, 1.82) is 0 Å². The zero-order valence-corrected chi connectivity index (χ0v) is 5.62. The molecule has 0 saturated heterocycles. The molecule has 0 radical (unpaired) electrons. The molecule has 0 nitrogen and oxygen atoms in total. The summed E-state index contributed by atoms with van der Waals surface area (Å²) in [5, 5.41) is 2.62. The second kappa shape index (κ2) is 2.14. The van der Waals surface area contributed by atoms with Gasteiger partial charge in [-0.2, -0.15) is 0 Å². The Morgan fingerprint density at radius 1 is 0.600 bits per heavy atom. The van der Waals surface area contributed by atoms with E-state index in [0.717, 1.165) is 0 Å². The fourth-order valence-electron chi connectivity index (χ4n) is 1.13. The molecule has 0 N–H and O–H groups in total. The molecule has 10 heavy (non-hydrogen) atoms. The molecule has 0 atom stereocenters. The van der Waals surface area contributed by atoms with Gasteiger partial charge < -0.3 is 0 Å². The van der Waals surface area contributed by atoms with Gasteiger partial charge in [-0.05, 0) is 10.8 Å². The fourth-order valence-corrected chi connectivity index (χ4v) is 1.13. The predicted molar refractivity (Wildman–Crippen MR) is 52.4 cm³/mol. The van der Waals surface area contributed by atoms with E-state index in [-0.39, 0.29) is 5.71 Å². The van der Waals surface area contributed by atoms with Gasteiger partial charge in [-0.3, -0.25) is 0 Å². The maximum atomic E-state index is 2.12. The van der Waals surface area contributed by atoms with Crippen LogP contribution in [-0.2, 0) is 0 Å². The van der Waals surface area contributed by atoms with Crippen LogP contribution in [0.1, 0.15) is 5.71 Å². The zero-order chi connectivity index (χ0) is 6.81. The first-order valence-electron chi connectivity index (χ1n) is 3.40. The minimum atomic E-state index is 0. The first kappa shape index (κ1) is 5.48. The molecular weight excluding hydrogens is 120 g/mol. The largest absolute Gasteiger partial charge is 0.0616 e. The molecule has 0 aromatic heterocycles. The average Bonchev–Trinajstić information content (AvgIpc) is 2.05. The smallest absolute Gasteiger partial charge is 0 e. The van der Waals surface area contributed by atoms with Crippen LogP contribution in [0.15, 0.2) is 48.5 Å². The van der Waals surface area contributed by atoms with Gasteiger partial charge in [0.2, 0.25) is 0 Å². The molecule has 0 saturated carbocycles. The van der Waals surface area contributed by atoms with Gasteiger partial charge in [0.1, 0.15) is 0 Å². The van der Waals surface area contributed by atoms with E-state index in [2.05, 4.69) is 48.5 Å². The van der Waals surface area contributed by atoms with Gasteiger partial charge in [-0.15, -0.1) is 0 Å². The van der Waals surface area contributed by atoms with Gasteiger partial charge in [0, 0.05) is 5.71 Å². The Labute approximate surface area is 66.1 Å². The highest BCUT2D eigenvalue weighted by Gasteiger charge is 1.85. The molecule has 56 valence electrons. The Morgan fingerprint density at radius 2 is 0.900 bits per heavy atom. The quantitative estimate of drug-likeness (QED) is 0.516. The highest BCUT2D eigenvalue weighted by molar-refractivity contribution is 5.81. The molecule has 0 amide bonds. The molecule has 0 heteroatoms. The van der Waals surface area contributed by atoms with Crippen molar-refractivity contribution in [2.45, 2.75) is 0 Å². The van der Waals surface area contributed by atoms with Crippen molar-refractivity contribution >= 4 is 10.8 Å². The van der Waals surface area contributed by atoms with Crippen molar-refractivity contribution in [2.24, 2.45) is 0 Å². The van der Waals surface area contributed by atoms with E-state index in [1.165, 1.54) is 10.8 Å². The second-order valence-electron chi connectivity index (χ2n) is 2.35. The topological polar surface area (TPSA) is 0 Å². The number of benzene rings is 2. The molecule has 0 unspecified atom stereocenters. The van der Waals surface area contributed by atoms with Crippen LogP contribution in [0.3, 0.4) is 0 Å². The standard InChI is InChI=1S/C10H8.4H2/c1-2-6-10-8-4-3-7-9(10)5-1;;;;/h1-8H;4*1H. The summed E-state index contributed by atoms with van der Waals surface area (Å²) in [4.78, 5) is 0. The van der Waals surface area contributed by atoms with Gasteiger partial charge in [-0.25, -0.2) is 0 Å². The summed E-state index contributed by atoms with van der Waals surface area (Å²) in [7, 11) is 0. The Kier molecular flexibility index (Phi) is 1.17. The first-order chi connectivity index (χ1) is 4.97. The summed E-state index contributed by atoms with van der Waals surface area (Å²) in [6.45, 7) is 0. The summed E-state index contributed by atoms with van der Waals surface area (Å²) in [5.74, 6) is 0. The van der Waals surface area contributed by atoms with E-state index < -0.39 is 0 Å². The van der Waals surface area contributed by atoms with Crippen LogP contribution >= 0.6 is 0 Å². The third-order valence-electron chi connectivity index (χ3n) is 1.66. The van der Waals surface area contributed by atoms with Crippen LogP contribution in [-0.4, -0.2) is 0 Å². The Hall–Kier alpha value is -1.30. The molecular formula is C10H16. The number of rotatable bonds is 0. The number of hydrogen-bond donors (Lipinski definition) is 0. The van der Waals surface area contributed by atoms with Crippen molar-refractivity contribution < 1.29 is 5.71 Å². The molecule has 0 aliphatic heterocycles. The number of hydrogen-bond acceptors (Lipinski definition) is 0. The van der Waals surface area contributed by atoms with Gasteiger partial charge >= 0.3 is 0 Å². The maximum Gasteiger partial charge on any atom is 0 e. The molecule has 0 fully saturated rings. The molecule has 0 aliphatic rings. The summed E-state index contributed by atoms with van der Waals surface area (Å²) in [6.07, 6.45) is 0. The van der Waals surface area contributed by atoms with E-state index in [0.29, 0.717) is 0 Å². The lowest BCUT2D eigenvalue weighted by atomic mass is 10.1. The molecule has 2 aromatic carbocycles. The van der Waals surface area contributed by atoms with Crippen LogP contribution < -0.4 is 0 Å². The molecule has 0 heterocycles. The minimum absolute atomic E-state index is 0. The van der Waals surface area contributed by atoms with Crippen molar-refractivity contribution in [3.63, 3.8) is 0 Å². The SMILES string of the molecule is [HH].[HH].[HH].[HH].c1ccc2ccccc2c1. The van der Waals surface area contributed by atoms with E-state index >= 15 is 0 Å². The molecule has 2 aromatic rings. The molecule has 0 spiro atoms. The third kappa shape index (κ3) is 0.781. The van der Waals surface area contributed by atoms with Gasteiger partial charge in [-0.1, -0.05) is 48.5 Å². The highest BCUT2D eigenvalue weighted by Crippen LogP contribution is 2.11. The zero-order valence-electron chi connectivity index (χ0n) is 5.62. The van der Waals surface area contributed by atoms with Crippen LogP contribution in [0.25, 0.3) is 10.8 Å². The summed E-state index contributed by atoms with van der Waals surface area (Å²) in [6, 6.07) is 16.7. The second-order valence-corrected chi connectivity index (χ2v) is 2.35. The van der Waals surface area contributed by atoms with Crippen LogP contribution in [0, 0.1) is 0 Å². The van der Waals surface area contributed by atoms with Gasteiger partial charge in [0.25, 0.3) is 0 Å². The Morgan fingerprint density at radius 3 is 1.20 bits per heavy atom. The Bertz CT molecular complexity index is 283. The van der Waals surface area contributed by atoms with E-state index in [1.807, 2.05) is 0 Å². The summed E-state index contributed by atoms with van der Waals surface area (Å²) in [5.41, 5.74) is 0. The molecule has 0 aliphatic carbocycles.